The van der Waals surface area contributed by atoms with E-state index >= 15 is 0 Å². The molecule has 0 saturated carbocycles. The number of ether oxygens (including phenoxy) is 3. The van der Waals surface area contributed by atoms with Crippen LogP contribution in [0.15, 0.2) is 30.3 Å². The van der Waals surface area contributed by atoms with Crippen molar-refractivity contribution in [3.8, 4) is 0 Å². The van der Waals surface area contributed by atoms with Gasteiger partial charge in [-0.1, -0.05) is 18.2 Å². The quantitative estimate of drug-likeness (QED) is 0.624. The van der Waals surface area contributed by atoms with Gasteiger partial charge in [-0.05, 0) is 12.1 Å². The Bertz CT molecular complexity index is 681. The van der Waals surface area contributed by atoms with Gasteiger partial charge in [-0.15, -0.1) is 11.6 Å². The molecule has 2 aliphatic rings. The lowest BCUT2D eigenvalue weighted by Gasteiger charge is -2.33. The van der Waals surface area contributed by atoms with E-state index in [0.29, 0.717) is 5.56 Å². The first kappa shape index (κ1) is 17.7. The molecule has 0 aliphatic carbocycles. The van der Waals surface area contributed by atoms with Crippen molar-refractivity contribution in [3.05, 3.63) is 35.9 Å². The molecule has 8 heteroatoms. The molecule has 25 heavy (non-hydrogen) atoms. The average Bonchev–Trinajstić information content (AvgIpc) is 3.17. The molecule has 1 amide bonds. The third-order valence-electron chi connectivity index (χ3n) is 4.70. The Balaban J connectivity index is 1.83. The van der Waals surface area contributed by atoms with Gasteiger partial charge < -0.3 is 19.5 Å². The van der Waals surface area contributed by atoms with Gasteiger partial charge in [-0.25, -0.2) is 0 Å². The minimum absolute atomic E-state index is 0.328. The van der Waals surface area contributed by atoms with E-state index in [0.717, 1.165) is 0 Å². The number of carbonyl (C=O) groups is 3. The zero-order chi connectivity index (χ0) is 18.1. The molecule has 6 atom stereocenters. The molecule has 7 nitrogen and oxygen atoms in total. The van der Waals surface area contributed by atoms with Gasteiger partial charge >= 0.3 is 11.9 Å². The molecule has 1 aromatic carbocycles. The summed E-state index contributed by atoms with van der Waals surface area (Å²) in [4.78, 5) is 36.7. The standard InChI is InChI=1S/C17H18ClNO6/c1-23-16(21)9-10(17(22)24-2)14-12(11(18)13(9)25-14)19-15(20)8-6-4-3-5-7-8/h3-7,9-14H,1-2H3,(H,19,20)/t9-,10+,11-,12-,13-,14+/m1/s1. The summed E-state index contributed by atoms with van der Waals surface area (Å²) in [5.74, 6) is -3.23. The number of fused-ring (bicyclic) bond motifs is 2. The summed E-state index contributed by atoms with van der Waals surface area (Å²) in [5.41, 5.74) is 0.466. The van der Waals surface area contributed by atoms with Crippen molar-refractivity contribution in [2.24, 2.45) is 11.8 Å². The lowest BCUT2D eigenvalue weighted by atomic mass is 9.76. The van der Waals surface area contributed by atoms with Gasteiger partial charge in [0.05, 0.1) is 37.8 Å². The molecular weight excluding hydrogens is 350 g/mol. The number of benzene rings is 1. The van der Waals surface area contributed by atoms with Crippen LogP contribution < -0.4 is 5.32 Å². The van der Waals surface area contributed by atoms with Crippen molar-refractivity contribution in [2.45, 2.75) is 23.6 Å². The van der Waals surface area contributed by atoms with Crippen LogP contribution in [0.5, 0.6) is 0 Å². The molecule has 2 heterocycles. The van der Waals surface area contributed by atoms with Gasteiger partial charge in [0.25, 0.3) is 5.91 Å². The fourth-order valence-electron chi connectivity index (χ4n) is 3.55. The minimum atomic E-state index is -0.876. The van der Waals surface area contributed by atoms with E-state index in [1.165, 1.54) is 14.2 Å². The van der Waals surface area contributed by atoms with Crippen LogP contribution in [-0.4, -0.2) is 55.7 Å². The number of nitrogens with one attached hydrogen (secondary N) is 1. The first-order valence-corrected chi connectivity index (χ1v) is 8.24. The minimum Gasteiger partial charge on any atom is -0.469 e. The number of esters is 2. The molecule has 0 radical (unpaired) electrons. The number of halogens is 1. The summed E-state index contributed by atoms with van der Waals surface area (Å²) in [5, 5.41) is 2.14. The maximum atomic E-state index is 12.4. The molecule has 3 rings (SSSR count). The van der Waals surface area contributed by atoms with Gasteiger partial charge in [0.15, 0.2) is 0 Å². The third kappa shape index (κ3) is 2.98. The summed E-state index contributed by atoms with van der Waals surface area (Å²) in [6, 6.07) is 8.01. The second-order valence-electron chi connectivity index (χ2n) is 5.97. The fraction of sp³-hybridized carbons (Fsp3) is 0.471. The number of rotatable bonds is 4. The monoisotopic (exact) mass is 367 g/mol. The second kappa shape index (κ2) is 7.01. The molecule has 0 unspecified atom stereocenters. The van der Waals surface area contributed by atoms with Crippen LogP contribution in [0.2, 0.25) is 0 Å². The maximum Gasteiger partial charge on any atom is 0.312 e. The average molecular weight is 368 g/mol. The SMILES string of the molecule is COC(=O)[C@@H]1[C@@H]2O[C@@H]([C@H](Cl)[C@H]2NC(=O)c2ccccc2)[C@@H]1C(=O)OC. The topological polar surface area (TPSA) is 90.9 Å². The number of alkyl halides is 1. The highest BCUT2D eigenvalue weighted by Gasteiger charge is 2.65. The van der Waals surface area contributed by atoms with Crippen LogP contribution in [0, 0.1) is 11.8 Å². The van der Waals surface area contributed by atoms with E-state index in [2.05, 4.69) is 5.32 Å². The molecule has 2 saturated heterocycles. The summed E-state index contributed by atoms with van der Waals surface area (Å²) in [7, 11) is 2.47. The smallest absolute Gasteiger partial charge is 0.312 e. The van der Waals surface area contributed by atoms with Gasteiger partial charge in [0.1, 0.15) is 11.8 Å². The summed E-state index contributed by atoms with van der Waals surface area (Å²) in [6.07, 6.45) is -1.49. The van der Waals surface area contributed by atoms with Crippen LogP contribution in [0.3, 0.4) is 0 Å². The predicted octanol–water partition coefficient (Wildman–Crippen LogP) is 0.752. The Kier molecular flexibility index (Phi) is 4.96. The number of methoxy groups -OCH3 is 2. The Hall–Kier alpha value is -2.12. The molecule has 1 aromatic rings. The third-order valence-corrected chi connectivity index (χ3v) is 5.22. The lowest BCUT2D eigenvalue weighted by molar-refractivity contribution is -0.158. The normalized spacial score (nSPS) is 32.9. The van der Waals surface area contributed by atoms with E-state index in [-0.39, 0.29) is 5.91 Å². The van der Waals surface area contributed by atoms with Crippen molar-refractivity contribution in [1.82, 2.24) is 5.32 Å². The Morgan fingerprint density at radius 1 is 1.00 bits per heavy atom. The van der Waals surface area contributed by atoms with Crippen molar-refractivity contribution in [3.63, 3.8) is 0 Å². The summed E-state index contributed by atoms with van der Waals surface area (Å²) in [6.45, 7) is 0. The van der Waals surface area contributed by atoms with Gasteiger partial charge in [-0.2, -0.15) is 0 Å². The van der Waals surface area contributed by atoms with Crippen LogP contribution >= 0.6 is 11.6 Å². The molecule has 134 valence electrons. The zero-order valence-electron chi connectivity index (χ0n) is 13.7. The van der Waals surface area contributed by atoms with E-state index in [9.17, 15) is 14.4 Å². The van der Waals surface area contributed by atoms with E-state index in [1.807, 2.05) is 0 Å². The van der Waals surface area contributed by atoms with Crippen molar-refractivity contribution < 1.29 is 28.6 Å². The van der Waals surface area contributed by atoms with E-state index in [1.54, 1.807) is 30.3 Å². The maximum absolute atomic E-state index is 12.4. The molecule has 1 N–H and O–H groups in total. The summed E-state index contributed by atoms with van der Waals surface area (Å²) < 4.78 is 15.3. The van der Waals surface area contributed by atoms with E-state index < -0.39 is 47.4 Å². The fourth-order valence-corrected chi connectivity index (χ4v) is 3.97. The number of hydrogen-bond acceptors (Lipinski definition) is 6. The van der Waals surface area contributed by atoms with E-state index in [4.69, 9.17) is 25.8 Å². The first-order valence-electron chi connectivity index (χ1n) is 7.80. The number of hydrogen-bond donors (Lipinski definition) is 1. The van der Waals surface area contributed by atoms with Gasteiger partial charge in [0.2, 0.25) is 0 Å². The van der Waals surface area contributed by atoms with Crippen LogP contribution in [0.25, 0.3) is 0 Å². The highest BCUT2D eigenvalue weighted by atomic mass is 35.5. The van der Waals surface area contributed by atoms with Crippen molar-refractivity contribution in [1.29, 1.82) is 0 Å². The Morgan fingerprint density at radius 3 is 2.12 bits per heavy atom. The van der Waals surface area contributed by atoms with Crippen molar-refractivity contribution >= 4 is 29.4 Å². The first-order chi connectivity index (χ1) is 12.0. The van der Waals surface area contributed by atoms with Crippen LogP contribution in [-0.2, 0) is 23.8 Å². The highest BCUT2D eigenvalue weighted by Crippen LogP contribution is 2.47. The second-order valence-corrected chi connectivity index (χ2v) is 6.48. The number of amides is 1. The molecule has 0 spiro atoms. The van der Waals surface area contributed by atoms with Crippen molar-refractivity contribution in [2.75, 3.05) is 14.2 Å². The number of carbonyl (C=O) groups excluding carboxylic acids is 3. The molecule has 0 aromatic heterocycles. The molecular formula is C17H18ClNO6. The van der Waals surface area contributed by atoms with Crippen LogP contribution in [0.1, 0.15) is 10.4 Å². The summed E-state index contributed by atoms with van der Waals surface area (Å²) >= 11 is 6.42. The molecule has 2 fully saturated rings. The Morgan fingerprint density at radius 2 is 1.56 bits per heavy atom. The van der Waals surface area contributed by atoms with Gasteiger partial charge in [-0.3, -0.25) is 14.4 Å². The predicted molar refractivity (Wildman–Crippen MR) is 87.0 cm³/mol. The van der Waals surface area contributed by atoms with Gasteiger partial charge in [0, 0.05) is 5.56 Å². The molecule has 2 aliphatic heterocycles. The lowest BCUT2D eigenvalue weighted by Crippen LogP contribution is -2.56. The molecule has 2 bridgehead atoms. The highest BCUT2D eigenvalue weighted by molar-refractivity contribution is 6.22. The largest absolute Gasteiger partial charge is 0.469 e. The zero-order valence-corrected chi connectivity index (χ0v) is 14.4. The Labute approximate surface area is 149 Å². The van der Waals surface area contributed by atoms with Crippen LogP contribution in [0.4, 0.5) is 0 Å².